The molecule has 0 aliphatic carbocycles. The summed E-state index contributed by atoms with van der Waals surface area (Å²) in [5.41, 5.74) is 1.38. The molecule has 0 bridgehead atoms. The van der Waals surface area contributed by atoms with Crippen LogP contribution in [-0.4, -0.2) is 42.5 Å². The van der Waals surface area contributed by atoms with E-state index in [9.17, 15) is 22.8 Å². The molecule has 0 radical (unpaired) electrons. The lowest BCUT2D eigenvalue weighted by Gasteiger charge is -2.12. The van der Waals surface area contributed by atoms with Gasteiger partial charge in [-0.3, -0.25) is 9.59 Å². The fourth-order valence-corrected chi connectivity index (χ4v) is 3.98. The molecular weight excluding hydrogens is 535 g/mol. The first-order chi connectivity index (χ1) is 18.6. The van der Waals surface area contributed by atoms with Crippen LogP contribution in [0.25, 0.3) is 22.3 Å². The summed E-state index contributed by atoms with van der Waals surface area (Å²) in [6, 6.07) is 14.4. The quantitative estimate of drug-likeness (QED) is 0.263. The molecule has 4 rings (SSSR count). The summed E-state index contributed by atoms with van der Waals surface area (Å²) in [4.78, 5) is 33.7. The van der Waals surface area contributed by atoms with Crippen LogP contribution in [0.4, 0.5) is 24.7 Å². The molecule has 8 nitrogen and oxygen atoms in total. The van der Waals surface area contributed by atoms with E-state index in [0.717, 1.165) is 12.1 Å². The maximum atomic E-state index is 13.0. The van der Waals surface area contributed by atoms with Crippen molar-refractivity contribution in [1.29, 1.82) is 0 Å². The van der Waals surface area contributed by atoms with Crippen LogP contribution in [0.1, 0.15) is 21.5 Å². The van der Waals surface area contributed by atoms with Gasteiger partial charge in [0.05, 0.1) is 21.7 Å². The summed E-state index contributed by atoms with van der Waals surface area (Å²) in [5, 5.41) is 9.32. The SMILES string of the molecule is CNc1nc(-c2ccc(C(F)(F)F)cc2)nc2cc(NC(=O)c3cc(CNC(=O)COC)ccc3Cl)ccc12. The largest absolute Gasteiger partial charge is 0.416 e. The molecule has 0 aliphatic heterocycles. The van der Waals surface area contributed by atoms with Gasteiger partial charge in [-0.2, -0.15) is 13.2 Å². The Morgan fingerprint density at radius 3 is 2.41 bits per heavy atom. The highest BCUT2D eigenvalue weighted by Gasteiger charge is 2.30. The van der Waals surface area contributed by atoms with Crippen molar-refractivity contribution in [2.24, 2.45) is 0 Å². The fourth-order valence-electron chi connectivity index (χ4n) is 3.77. The highest BCUT2D eigenvalue weighted by molar-refractivity contribution is 6.34. The number of halogens is 4. The molecule has 0 atom stereocenters. The molecule has 1 heterocycles. The zero-order valence-corrected chi connectivity index (χ0v) is 21.6. The van der Waals surface area contributed by atoms with Gasteiger partial charge >= 0.3 is 6.18 Å². The Balaban J connectivity index is 1.60. The third kappa shape index (κ3) is 6.62. The smallest absolute Gasteiger partial charge is 0.375 e. The Morgan fingerprint density at radius 1 is 1.00 bits per heavy atom. The van der Waals surface area contributed by atoms with Crippen molar-refractivity contribution < 1.29 is 27.5 Å². The van der Waals surface area contributed by atoms with Crippen molar-refractivity contribution in [3.63, 3.8) is 0 Å². The number of fused-ring (bicyclic) bond motifs is 1. The molecule has 3 aromatic carbocycles. The van der Waals surface area contributed by atoms with Crippen LogP contribution in [-0.2, 0) is 22.3 Å². The van der Waals surface area contributed by atoms with Gasteiger partial charge in [0.15, 0.2) is 5.82 Å². The van der Waals surface area contributed by atoms with Gasteiger partial charge in [-0.25, -0.2) is 9.97 Å². The summed E-state index contributed by atoms with van der Waals surface area (Å²) in [5.74, 6) is -0.0853. The molecule has 39 heavy (non-hydrogen) atoms. The first kappa shape index (κ1) is 27.8. The summed E-state index contributed by atoms with van der Waals surface area (Å²) >= 11 is 6.26. The maximum Gasteiger partial charge on any atom is 0.416 e. The topological polar surface area (TPSA) is 105 Å². The summed E-state index contributed by atoms with van der Waals surface area (Å²) < 4.78 is 43.7. The van der Waals surface area contributed by atoms with Crippen molar-refractivity contribution in [3.05, 3.63) is 82.4 Å². The Hall–Kier alpha value is -4.22. The van der Waals surface area contributed by atoms with Crippen LogP contribution < -0.4 is 16.0 Å². The summed E-state index contributed by atoms with van der Waals surface area (Å²) in [7, 11) is 3.08. The standard InChI is InChI=1S/C27H23ClF3N5O3/c1-32-25-19-9-8-18(12-22(19)35-24(36-25)16-4-6-17(7-5-16)27(29,30)31)34-26(38)20-11-15(3-10-21(20)28)13-33-23(37)14-39-2/h3-12H,13-14H2,1-2H3,(H,33,37)(H,34,38)(H,32,35,36). The van der Waals surface area contributed by atoms with E-state index >= 15 is 0 Å². The van der Waals surface area contributed by atoms with Gasteiger partial charge < -0.3 is 20.7 Å². The van der Waals surface area contributed by atoms with Gasteiger partial charge in [-0.05, 0) is 48.0 Å². The van der Waals surface area contributed by atoms with Crippen LogP contribution in [0.2, 0.25) is 5.02 Å². The Kier molecular flexibility index (Phi) is 8.32. The molecule has 0 spiro atoms. The second kappa shape index (κ2) is 11.7. The number of anilines is 2. The number of rotatable bonds is 8. The van der Waals surface area contributed by atoms with Crippen LogP contribution in [0.15, 0.2) is 60.7 Å². The predicted molar refractivity (Wildman–Crippen MR) is 143 cm³/mol. The number of nitrogens with zero attached hydrogens (tertiary/aromatic N) is 2. The minimum atomic E-state index is -4.45. The molecule has 202 valence electrons. The van der Waals surface area contributed by atoms with E-state index in [0.29, 0.717) is 33.5 Å². The number of carbonyl (C=O) groups excluding carboxylic acids is 2. The maximum absolute atomic E-state index is 13.0. The number of amides is 2. The molecule has 12 heteroatoms. The normalized spacial score (nSPS) is 11.3. The van der Waals surface area contributed by atoms with Crippen molar-refractivity contribution in [2.75, 3.05) is 31.4 Å². The van der Waals surface area contributed by atoms with Gasteiger partial charge in [-0.1, -0.05) is 29.8 Å². The van der Waals surface area contributed by atoms with Crippen LogP contribution in [0, 0.1) is 0 Å². The number of aromatic nitrogens is 2. The molecule has 0 unspecified atom stereocenters. The minimum Gasteiger partial charge on any atom is -0.375 e. The number of hydrogen-bond donors (Lipinski definition) is 3. The summed E-state index contributed by atoms with van der Waals surface area (Å²) in [6.07, 6.45) is -4.45. The van der Waals surface area contributed by atoms with Gasteiger partial charge in [0, 0.05) is 37.3 Å². The van der Waals surface area contributed by atoms with Crippen LogP contribution in [0.5, 0.6) is 0 Å². The highest BCUT2D eigenvalue weighted by atomic mass is 35.5. The van der Waals surface area contributed by atoms with E-state index in [1.54, 1.807) is 43.4 Å². The summed E-state index contributed by atoms with van der Waals surface area (Å²) in [6.45, 7) is 0.106. The Bertz CT molecular complexity index is 1530. The number of nitrogens with one attached hydrogen (secondary N) is 3. The van der Waals surface area contributed by atoms with Gasteiger partial charge in [-0.15, -0.1) is 0 Å². The van der Waals surface area contributed by atoms with E-state index in [-0.39, 0.29) is 35.5 Å². The third-order valence-electron chi connectivity index (χ3n) is 5.70. The molecule has 0 saturated carbocycles. The third-order valence-corrected chi connectivity index (χ3v) is 6.03. The highest BCUT2D eigenvalue weighted by Crippen LogP contribution is 2.32. The minimum absolute atomic E-state index is 0.0811. The average Bonchev–Trinajstić information content (AvgIpc) is 2.91. The number of alkyl halides is 3. The molecule has 2 amide bonds. The van der Waals surface area contributed by atoms with Crippen LogP contribution in [0.3, 0.4) is 0 Å². The first-order valence-corrected chi connectivity index (χ1v) is 12.0. The molecule has 4 aromatic rings. The van der Waals surface area contributed by atoms with Gasteiger partial charge in [0.2, 0.25) is 5.91 Å². The van der Waals surface area contributed by atoms with E-state index in [1.165, 1.54) is 19.2 Å². The lowest BCUT2D eigenvalue weighted by Crippen LogP contribution is -2.26. The Morgan fingerprint density at radius 2 is 1.74 bits per heavy atom. The lowest BCUT2D eigenvalue weighted by molar-refractivity contribution is -0.137. The molecule has 0 saturated heterocycles. The number of hydrogen-bond acceptors (Lipinski definition) is 6. The number of benzene rings is 3. The second-order valence-corrected chi connectivity index (χ2v) is 8.84. The first-order valence-electron chi connectivity index (χ1n) is 11.6. The van der Waals surface area contributed by atoms with Crippen molar-refractivity contribution in [1.82, 2.24) is 15.3 Å². The molecular formula is C27H23ClF3N5O3. The zero-order chi connectivity index (χ0) is 28.2. The molecule has 3 N–H and O–H groups in total. The van der Waals surface area contributed by atoms with E-state index in [4.69, 9.17) is 16.3 Å². The number of methoxy groups -OCH3 is 1. The number of ether oxygens (including phenoxy) is 1. The molecule has 0 fully saturated rings. The van der Waals surface area contributed by atoms with E-state index < -0.39 is 17.6 Å². The van der Waals surface area contributed by atoms with Gasteiger partial charge in [0.1, 0.15) is 12.4 Å². The fraction of sp³-hybridized carbons (Fsp3) is 0.185. The van der Waals surface area contributed by atoms with Crippen molar-refractivity contribution in [3.8, 4) is 11.4 Å². The van der Waals surface area contributed by atoms with Crippen LogP contribution >= 0.6 is 11.6 Å². The lowest BCUT2D eigenvalue weighted by atomic mass is 10.1. The van der Waals surface area contributed by atoms with Gasteiger partial charge in [0.25, 0.3) is 5.91 Å². The Labute approximate surface area is 226 Å². The predicted octanol–water partition coefficient (Wildman–Crippen LogP) is 5.53. The van der Waals surface area contributed by atoms with Crippen molar-refractivity contribution in [2.45, 2.75) is 12.7 Å². The molecule has 0 aliphatic rings. The average molecular weight is 558 g/mol. The zero-order valence-electron chi connectivity index (χ0n) is 20.8. The van der Waals surface area contributed by atoms with E-state index in [1.807, 2.05) is 0 Å². The molecule has 1 aromatic heterocycles. The second-order valence-electron chi connectivity index (χ2n) is 8.43. The van der Waals surface area contributed by atoms with E-state index in [2.05, 4.69) is 25.9 Å². The monoisotopic (exact) mass is 557 g/mol. The number of carbonyl (C=O) groups is 2. The van der Waals surface area contributed by atoms with Crippen molar-refractivity contribution >= 4 is 45.8 Å².